The minimum absolute atomic E-state index is 0.135. The van der Waals surface area contributed by atoms with Crippen LogP contribution < -0.4 is 10.6 Å². The van der Waals surface area contributed by atoms with Crippen LogP contribution in [0, 0.1) is 23.3 Å². The topological polar surface area (TPSA) is 54.0 Å². The summed E-state index contributed by atoms with van der Waals surface area (Å²) in [6.07, 6.45) is 1.28. The molecule has 4 nitrogen and oxygen atoms in total. The van der Waals surface area contributed by atoms with Gasteiger partial charge in [-0.2, -0.15) is 0 Å². The van der Waals surface area contributed by atoms with E-state index in [4.69, 9.17) is 0 Å². The van der Waals surface area contributed by atoms with E-state index >= 15 is 0 Å². The van der Waals surface area contributed by atoms with Crippen LogP contribution >= 0.6 is 0 Å². The molecule has 0 aliphatic carbocycles. The summed E-state index contributed by atoms with van der Waals surface area (Å²) in [6, 6.07) is 9.86. The molecule has 3 aromatic rings. The van der Waals surface area contributed by atoms with Gasteiger partial charge in [0.1, 0.15) is 11.6 Å². The van der Waals surface area contributed by atoms with Gasteiger partial charge in [0.15, 0.2) is 17.5 Å². The summed E-state index contributed by atoms with van der Waals surface area (Å²) in [7, 11) is 0. The van der Waals surface area contributed by atoms with E-state index < -0.39 is 29.2 Å². The van der Waals surface area contributed by atoms with Crippen LogP contribution in [0.4, 0.5) is 34.8 Å². The third kappa shape index (κ3) is 3.80. The quantitative estimate of drug-likeness (QED) is 0.526. The zero-order chi connectivity index (χ0) is 18.7. The molecule has 0 aliphatic rings. The predicted octanol–water partition coefficient (Wildman–Crippen LogP) is 4.63. The number of halogens is 4. The summed E-state index contributed by atoms with van der Waals surface area (Å²) < 4.78 is 52.9. The summed E-state index contributed by atoms with van der Waals surface area (Å²) in [4.78, 5) is 16.0. The highest BCUT2D eigenvalue weighted by Crippen LogP contribution is 2.23. The van der Waals surface area contributed by atoms with Crippen molar-refractivity contribution in [3.63, 3.8) is 0 Å². The molecule has 2 N–H and O–H groups in total. The second kappa shape index (κ2) is 7.22. The molecule has 1 aromatic heterocycles. The Morgan fingerprint density at radius 3 is 2.42 bits per heavy atom. The molecule has 1 heterocycles. The van der Waals surface area contributed by atoms with Gasteiger partial charge in [0, 0.05) is 5.56 Å². The van der Waals surface area contributed by atoms with E-state index in [2.05, 4.69) is 15.6 Å². The van der Waals surface area contributed by atoms with Gasteiger partial charge in [0.05, 0.1) is 17.6 Å². The van der Waals surface area contributed by atoms with Gasteiger partial charge in [-0.3, -0.25) is 4.79 Å². The normalized spacial score (nSPS) is 10.5. The van der Waals surface area contributed by atoms with Crippen LogP contribution in [0.2, 0.25) is 0 Å². The Kier molecular flexibility index (Phi) is 4.83. The molecule has 0 radical (unpaired) electrons. The van der Waals surface area contributed by atoms with Gasteiger partial charge in [0.2, 0.25) is 0 Å². The maximum Gasteiger partial charge on any atom is 0.255 e. The SMILES string of the molecule is O=C(Nc1ccc(Nc2ccc(F)c(F)c2F)nc1)c1cccc(F)c1. The Bertz CT molecular complexity index is 961. The van der Waals surface area contributed by atoms with E-state index in [9.17, 15) is 22.4 Å². The van der Waals surface area contributed by atoms with Crippen molar-refractivity contribution >= 4 is 23.1 Å². The summed E-state index contributed by atoms with van der Waals surface area (Å²) in [5.74, 6) is -5.16. The molecule has 1 amide bonds. The second-order valence-electron chi connectivity index (χ2n) is 5.24. The van der Waals surface area contributed by atoms with E-state index in [1.807, 2.05) is 0 Å². The minimum atomic E-state index is -1.59. The Morgan fingerprint density at radius 1 is 0.923 bits per heavy atom. The molecule has 0 unspecified atom stereocenters. The summed E-state index contributed by atoms with van der Waals surface area (Å²) in [5, 5.41) is 5.03. The van der Waals surface area contributed by atoms with Gasteiger partial charge in [-0.25, -0.2) is 22.5 Å². The van der Waals surface area contributed by atoms with Crippen molar-refractivity contribution in [2.75, 3.05) is 10.6 Å². The highest BCUT2D eigenvalue weighted by molar-refractivity contribution is 6.04. The molecular weight excluding hydrogens is 350 g/mol. The number of nitrogens with one attached hydrogen (secondary N) is 2. The number of nitrogens with zero attached hydrogens (tertiary/aromatic N) is 1. The third-order valence-corrected chi connectivity index (χ3v) is 3.41. The molecule has 3 rings (SSSR count). The molecule has 0 saturated carbocycles. The van der Waals surface area contributed by atoms with Crippen LogP contribution in [-0.2, 0) is 0 Å². The number of benzene rings is 2. The van der Waals surface area contributed by atoms with E-state index in [-0.39, 0.29) is 17.1 Å². The highest BCUT2D eigenvalue weighted by Gasteiger charge is 2.14. The van der Waals surface area contributed by atoms with Crippen molar-refractivity contribution in [2.24, 2.45) is 0 Å². The molecule has 2 aromatic carbocycles. The number of pyridine rings is 1. The van der Waals surface area contributed by atoms with Crippen molar-refractivity contribution < 1.29 is 22.4 Å². The second-order valence-corrected chi connectivity index (χ2v) is 5.24. The number of aromatic nitrogens is 1. The number of carbonyl (C=O) groups is 1. The molecular formula is C18H11F4N3O. The zero-order valence-corrected chi connectivity index (χ0v) is 13.1. The Balaban J connectivity index is 1.71. The average molecular weight is 361 g/mol. The fourth-order valence-electron chi connectivity index (χ4n) is 2.14. The lowest BCUT2D eigenvalue weighted by Gasteiger charge is -2.09. The molecule has 8 heteroatoms. The van der Waals surface area contributed by atoms with E-state index in [1.165, 1.54) is 36.5 Å². The zero-order valence-electron chi connectivity index (χ0n) is 13.1. The minimum Gasteiger partial charge on any atom is -0.338 e. The first-order chi connectivity index (χ1) is 12.4. The van der Waals surface area contributed by atoms with E-state index in [0.717, 1.165) is 18.2 Å². The van der Waals surface area contributed by atoms with Gasteiger partial charge >= 0.3 is 0 Å². The summed E-state index contributed by atoms with van der Waals surface area (Å²) in [6.45, 7) is 0. The van der Waals surface area contributed by atoms with Crippen LogP contribution in [0.1, 0.15) is 10.4 Å². The Labute approximate surface area is 145 Å². The Morgan fingerprint density at radius 2 is 1.73 bits per heavy atom. The largest absolute Gasteiger partial charge is 0.338 e. The number of amides is 1. The number of rotatable bonds is 4. The predicted molar refractivity (Wildman–Crippen MR) is 88.2 cm³/mol. The number of anilines is 3. The van der Waals surface area contributed by atoms with Crippen LogP contribution in [0.15, 0.2) is 54.7 Å². The smallest absolute Gasteiger partial charge is 0.255 e. The maximum atomic E-state index is 13.6. The molecule has 0 spiro atoms. The van der Waals surface area contributed by atoms with Crippen molar-refractivity contribution in [1.82, 2.24) is 4.98 Å². The highest BCUT2D eigenvalue weighted by atomic mass is 19.2. The van der Waals surface area contributed by atoms with E-state index in [0.29, 0.717) is 5.69 Å². The van der Waals surface area contributed by atoms with Crippen molar-refractivity contribution in [2.45, 2.75) is 0 Å². The van der Waals surface area contributed by atoms with Gasteiger partial charge < -0.3 is 10.6 Å². The lowest BCUT2D eigenvalue weighted by Crippen LogP contribution is -2.12. The number of carbonyl (C=O) groups excluding carboxylic acids is 1. The molecule has 0 bridgehead atoms. The monoisotopic (exact) mass is 361 g/mol. The third-order valence-electron chi connectivity index (χ3n) is 3.41. The summed E-state index contributed by atoms with van der Waals surface area (Å²) >= 11 is 0. The van der Waals surface area contributed by atoms with Crippen LogP contribution in [0.5, 0.6) is 0 Å². The fourth-order valence-corrected chi connectivity index (χ4v) is 2.14. The molecule has 0 aliphatic heterocycles. The summed E-state index contributed by atoms with van der Waals surface area (Å²) in [5.41, 5.74) is 0.166. The van der Waals surface area contributed by atoms with Crippen molar-refractivity contribution in [1.29, 1.82) is 0 Å². The first-order valence-electron chi connectivity index (χ1n) is 7.37. The Hall–Kier alpha value is -3.42. The van der Waals surface area contributed by atoms with Crippen molar-refractivity contribution in [3.05, 3.63) is 83.6 Å². The lowest BCUT2D eigenvalue weighted by molar-refractivity contribution is 0.102. The van der Waals surface area contributed by atoms with Crippen LogP contribution in [-0.4, -0.2) is 10.9 Å². The first-order valence-corrected chi connectivity index (χ1v) is 7.37. The van der Waals surface area contributed by atoms with Gasteiger partial charge in [0.25, 0.3) is 5.91 Å². The fraction of sp³-hybridized carbons (Fsp3) is 0. The standard InChI is InChI=1S/C18H11F4N3O/c19-11-3-1-2-10(8-11)18(26)24-12-4-7-15(23-9-12)25-14-6-5-13(20)16(21)17(14)22/h1-9H,(H,23,25)(H,24,26). The molecule has 0 fully saturated rings. The van der Waals surface area contributed by atoms with Gasteiger partial charge in [-0.15, -0.1) is 0 Å². The van der Waals surface area contributed by atoms with Crippen LogP contribution in [0.3, 0.4) is 0 Å². The maximum absolute atomic E-state index is 13.6. The molecule has 132 valence electrons. The van der Waals surface area contributed by atoms with E-state index in [1.54, 1.807) is 0 Å². The number of hydrogen-bond acceptors (Lipinski definition) is 3. The van der Waals surface area contributed by atoms with Crippen LogP contribution in [0.25, 0.3) is 0 Å². The molecule has 26 heavy (non-hydrogen) atoms. The molecule has 0 atom stereocenters. The molecule has 0 saturated heterocycles. The first kappa shape index (κ1) is 17.4. The van der Waals surface area contributed by atoms with Gasteiger partial charge in [-0.05, 0) is 42.5 Å². The van der Waals surface area contributed by atoms with Gasteiger partial charge in [-0.1, -0.05) is 6.07 Å². The average Bonchev–Trinajstić information content (AvgIpc) is 2.64. The van der Waals surface area contributed by atoms with Crippen molar-refractivity contribution in [3.8, 4) is 0 Å². The number of hydrogen-bond donors (Lipinski definition) is 2. The lowest BCUT2D eigenvalue weighted by atomic mass is 10.2.